The van der Waals surface area contributed by atoms with Gasteiger partial charge in [-0.15, -0.1) is 0 Å². The van der Waals surface area contributed by atoms with E-state index in [0.717, 1.165) is 30.2 Å². The molecule has 5 heteroatoms. The van der Waals surface area contributed by atoms with Crippen molar-refractivity contribution in [1.82, 2.24) is 0 Å². The first-order chi connectivity index (χ1) is 12.9. The predicted octanol–water partition coefficient (Wildman–Crippen LogP) is 6.08. The fourth-order valence-electron chi connectivity index (χ4n) is 3.55. The smallest absolute Gasteiger partial charge is 0.343 e. The van der Waals surface area contributed by atoms with E-state index in [0.29, 0.717) is 12.1 Å². The van der Waals surface area contributed by atoms with E-state index in [4.69, 9.17) is 4.74 Å². The molecule has 1 aliphatic carbocycles. The Bertz CT molecular complexity index is 771. The minimum atomic E-state index is -1.59. The van der Waals surface area contributed by atoms with Crippen molar-refractivity contribution in [2.45, 2.75) is 45.4 Å². The molecule has 0 heterocycles. The molecule has 0 bridgehead atoms. The minimum absolute atomic E-state index is 0.274. The highest BCUT2D eigenvalue weighted by Crippen LogP contribution is 2.31. The Balaban J connectivity index is 1.55. The van der Waals surface area contributed by atoms with Crippen LogP contribution in [0.5, 0.6) is 5.75 Å². The average Bonchev–Trinajstić information content (AvgIpc) is 2.66. The standard InChI is InChI=1S/C22H23F3O2/c1-14-2-4-15(5-3-14)6-7-16-8-10-17(11-9-16)22(26)27-18-12-19(23)21(25)20(24)13-18/h8-15H,2-7H2,1H3. The second kappa shape index (κ2) is 8.59. The molecule has 0 aromatic heterocycles. The number of hydrogen-bond acceptors (Lipinski definition) is 2. The Labute approximate surface area is 157 Å². The SMILES string of the molecule is CC1CCC(CCc2ccc(C(=O)Oc3cc(F)c(F)c(F)c3)cc2)CC1. The zero-order chi connectivity index (χ0) is 19.4. The first-order valence-corrected chi connectivity index (χ1v) is 9.38. The number of ether oxygens (including phenoxy) is 1. The van der Waals surface area contributed by atoms with Gasteiger partial charge in [0.15, 0.2) is 17.5 Å². The number of carbonyl (C=O) groups excluding carboxylic acids is 1. The zero-order valence-electron chi connectivity index (χ0n) is 15.3. The molecule has 0 spiro atoms. The molecule has 0 radical (unpaired) electrons. The van der Waals surface area contributed by atoms with E-state index < -0.39 is 23.4 Å². The third-order valence-electron chi connectivity index (χ3n) is 5.33. The summed E-state index contributed by atoms with van der Waals surface area (Å²) in [7, 11) is 0. The van der Waals surface area contributed by atoms with E-state index in [1.54, 1.807) is 12.1 Å². The second-order valence-corrected chi connectivity index (χ2v) is 7.45. The molecule has 0 unspecified atom stereocenters. The molecule has 1 fully saturated rings. The van der Waals surface area contributed by atoms with Crippen LogP contribution in [0.15, 0.2) is 36.4 Å². The largest absolute Gasteiger partial charge is 0.423 e. The molecule has 0 atom stereocenters. The summed E-state index contributed by atoms with van der Waals surface area (Å²) < 4.78 is 44.3. The number of hydrogen-bond donors (Lipinski definition) is 0. The van der Waals surface area contributed by atoms with Gasteiger partial charge in [-0.3, -0.25) is 0 Å². The van der Waals surface area contributed by atoms with Gasteiger partial charge in [0.2, 0.25) is 0 Å². The Morgan fingerprint density at radius 2 is 1.59 bits per heavy atom. The van der Waals surface area contributed by atoms with Gasteiger partial charge in [0.25, 0.3) is 0 Å². The van der Waals surface area contributed by atoms with Crippen LogP contribution in [-0.2, 0) is 6.42 Å². The molecule has 2 aromatic carbocycles. The number of esters is 1. The minimum Gasteiger partial charge on any atom is -0.423 e. The van der Waals surface area contributed by atoms with Gasteiger partial charge in [-0.25, -0.2) is 18.0 Å². The van der Waals surface area contributed by atoms with Gasteiger partial charge in [-0.1, -0.05) is 44.7 Å². The second-order valence-electron chi connectivity index (χ2n) is 7.45. The first kappa shape index (κ1) is 19.5. The van der Waals surface area contributed by atoms with Gasteiger partial charge >= 0.3 is 5.97 Å². The van der Waals surface area contributed by atoms with Crippen LogP contribution in [-0.4, -0.2) is 5.97 Å². The highest BCUT2D eigenvalue weighted by molar-refractivity contribution is 5.91. The number of carbonyl (C=O) groups is 1. The Morgan fingerprint density at radius 3 is 2.19 bits per heavy atom. The lowest BCUT2D eigenvalue weighted by Gasteiger charge is -2.26. The number of halogens is 3. The summed E-state index contributed by atoms with van der Waals surface area (Å²) in [5, 5.41) is 0. The Hall–Kier alpha value is -2.30. The fourth-order valence-corrected chi connectivity index (χ4v) is 3.55. The van der Waals surface area contributed by atoms with Gasteiger partial charge in [0.05, 0.1) is 5.56 Å². The van der Waals surface area contributed by atoms with Crippen molar-refractivity contribution in [3.8, 4) is 5.75 Å². The van der Waals surface area contributed by atoms with E-state index in [-0.39, 0.29) is 11.3 Å². The summed E-state index contributed by atoms with van der Waals surface area (Å²) in [5.41, 5.74) is 1.42. The van der Waals surface area contributed by atoms with Crippen molar-refractivity contribution < 1.29 is 22.7 Å². The van der Waals surface area contributed by atoms with Crippen LogP contribution < -0.4 is 4.74 Å². The zero-order valence-corrected chi connectivity index (χ0v) is 15.3. The quantitative estimate of drug-likeness (QED) is 0.359. The number of benzene rings is 2. The highest BCUT2D eigenvalue weighted by Gasteiger charge is 2.18. The van der Waals surface area contributed by atoms with Crippen LogP contribution in [0.1, 0.15) is 54.9 Å². The number of aryl methyl sites for hydroxylation is 1. The van der Waals surface area contributed by atoms with Gasteiger partial charge in [-0.2, -0.15) is 0 Å². The molecular weight excluding hydrogens is 353 g/mol. The molecule has 1 saturated carbocycles. The van der Waals surface area contributed by atoms with Crippen molar-refractivity contribution in [2.75, 3.05) is 0 Å². The molecule has 2 aromatic rings. The molecule has 144 valence electrons. The summed E-state index contributed by atoms with van der Waals surface area (Å²) in [6, 6.07) is 8.31. The lowest BCUT2D eigenvalue weighted by Crippen LogP contribution is -2.13. The van der Waals surface area contributed by atoms with Crippen LogP contribution in [0.2, 0.25) is 0 Å². The van der Waals surface area contributed by atoms with E-state index in [9.17, 15) is 18.0 Å². The van der Waals surface area contributed by atoms with Gasteiger partial charge < -0.3 is 4.74 Å². The fraction of sp³-hybridized carbons (Fsp3) is 0.409. The van der Waals surface area contributed by atoms with Crippen molar-refractivity contribution in [3.63, 3.8) is 0 Å². The van der Waals surface area contributed by atoms with Crippen LogP contribution in [0.3, 0.4) is 0 Å². The molecule has 1 aliphatic rings. The summed E-state index contributed by atoms with van der Waals surface area (Å²) in [5.74, 6) is -3.88. The summed E-state index contributed by atoms with van der Waals surface area (Å²) in [6.45, 7) is 2.31. The normalized spacial score (nSPS) is 19.7. The van der Waals surface area contributed by atoms with Crippen molar-refractivity contribution in [1.29, 1.82) is 0 Å². The molecule has 0 saturated heterocycles. The maximum atomic E-state index is 13.2. The van der Waals surface area contributed by atoms with Crippen LogP contribution >= 0.6 is 0 Å². The van der Waals surface area contributed by atoms with Crippen molar-refractivity contribution >= 4 is 5.97 Å². The van der Waals surface area contributed by atoms with Gasteiger partial charge in [0.1, 0.15) is 5.75 Å². The molecule has 27 heavy (non-hydrogen) atoms. The van der Waals surface area contributed by atoms with E-state index in [1.165, 1.54) is 25.7 Å². The molecular formula is C22H23F3O2. The molecule has 2 nitrogen and oxygen atoms in total. The van der Waals surface area contributed by atoms with Gasteiger partial charge in [0, 0.05) is 12.1 Å². The maximum absolute atomic E-state index is 13.2. The van der Waals surface area contributed by atoms with Crippen LogP contribution in [0.4, 0.5) is 13.2 Å². The van der Waals surface area contributed by atoms with E-state index in [2.05, 4.69) is 6.92 Å². The van der Waals surface area contributed by atoms with Crippen LogP contribution in [0.25, 0.3) is 0 Å². The van der Waals surface area contributed by atoms with E-state index >= 15 is 0 Å². The maximum Gasteiger partial charge on any atom is 0.343 e. The Morgan fingerprint density at radius 1 is 1.00 bits per heavy atom. The van der Waals surface area contributed by atoms with Crippen LogP contribution in [0, 0.1) is 29.3 Å². The lowest BCUT2D eigenvalue weighted by atomic mass is 9.80. The molecule has 0 amide bonds. The summed E-state index contributed by atoms with van der Waals surface area (Å²) in [4.78, 5) is 12.1. The molecule has 0 N–H and O–H groups in total. The Kier molecular flexibility index (Phi) is 6.19. The third kappa shape index (κ3) is 5.12. The lowest BCUT2D eigenvalue weighted by molar-refractivity contribution is 0.0733. The monoisotopic (exact) mass is 376 g/mol. The topological polar surface area (TPSA) is 26.3 Å². The summed E-state index contributed by atoms with van der Waals surface area (Å²) in [6.07, 6.45) is 7.29. The average molecular weight is 376 g/mol. The third-order valence-corrected chi connectivity index (χ3v) is 5.33. The number of rotatable bonds is 5. The predicted molar refractivity (Wildman–Crippen MR) is 97.2 cm³/mol. The summed E-state index contributed by atoms with van der Waals surface area (Å²) >= 11 is 0. The molecule has 0 aliphatic heterocycles. The molecule has 3 rings (SSSR count). The first-order valence-electron chi connectivity index (χ1n) is 9.38. The van der Waals surface area contributed by atoms with Crippen molar-refractivity contribution in [2.24, 2.45) is 11.8 Å². The highest BCUT2D eigenvalue weighted by atomic mass is 19.2. The van der Waals surface area contributed by atoms with Gasteiger partial charge in [-0.05, 0) is 42.4 Å². The van der Waals surface area contributed by atoms with Crippen molar-refractivity contribution in [3.05, 3.63) is 65.0 Å². The van der Waals surface area contributed by atoms with E-state index in [1.807, 2.05) is 12.1 Å².